The fourth-order valence-electron chi connectivity index (χ4n) is 7.23. The summed E-state index contributed by atoms with van der Waals surface area (Å²) in [5.41, 5.74) is 11.5. The highest BCUT2D eigenvalue weighted by molar-refractivity contribution is 6.12. The van der Waals surface area contributed by atoms with Crippen LogP contribution < -0.4 is 5.32 Å². The first-order chi connectivity index (χ1) is 24.1. The van der Waals surface area contributed by atoms with Gasteiger partial charge in [-0.05, 0) is 76.7 Å². The molecule has 0 saturated carbocycles. The van der Waals surface area contributed by atoms with Gasteiger partial charge in [0, 0.05) is 27.9 Å². The van der Waals surface area contributed by atoms with Crippen LogP contribution in [0, 0.1) is 28.6 Å². The van der Waals surface area contributed by atoms with E-state index in [4.69, 9.17) is 0 Å². The molecule has 0 bridgehead atoms. The fourth-order valence-corrected chi connectivity index (χ4v) is 7.23. The minimum absolute atomic E-state index is 0.264. The summed E-state index contributed by atoms with van der Waals surface area (Å²) in [7, 11) is 0. The van der Waals surface area contributed by atoms with E-state index in [9.17, 15) is 10.5 Å². The molecule has 6 aromatic carbocycles. The lowest BCUT2D eigenvalue weighted by Gasteiger charge is -2.24. The van der Waals surface area contributed by atoms with Gasteiger partial charge in [0.05, 0.1) is 39.6 Å². The van der Waals surface area contributed by atoms with Gasteiger partial charge in [0.15, 0.2) is 0 Å². The Kier molecular flexibility index (Phi) is 7.61. The zero-order valence-corrected chi connectivity index (χ0v) is 27.0. The predicted octanol–water partition coefficient (Wildman–Crippen LogP) is 11.5. The second-order valence-electron chi connectivity index (χ2n) is 12.5. The van der Waals surface area contributed by atoms with Gasteiger partial charge < -0.3 is 9.88 Å². The molecule has 0 aliphatic heterocycles. The largest absolute Gasteiger partial charge is 0.354 e. The number of aromatic nitrogens is 1. The summed E-state index contributed by atoms with van der Waals surface area (Å²) >= 11 is 0. The SMILES string of the molecule is CC1C=CC=CC1c1ccccc1Nc1ccc(-c2cccc(-c3ccccc3-n3c4ccccc4c4c(C#N)cccc43)c2)cc1C#N. The molecule has 0 saturated heterocycles. The van der Waals surface area contributed by atoms with Crippen LogP contribution in [-0.4, -0.2) is 4.57 Å². The number of nitriles is 2. The average Bonchev–Trinajstić information content (AvgIpc) is 3.50. The third-order valence-corrected chi connectivity index (χ3v) is 9.61. The van der Waals surface area contributed by atoms with E-state index in [-0.39, 0.29) is 5.92 Å². The lowest BCUT2D eigenvalue weighted by molar-refractivity contribution is 0.636. The fraction of sp³-hybridized carbons (Fsp3) is 0.0667. The summed E-state index contributed by atoms with van der Waals surface area (Å²) in [5, 5.41) is 25.8. The molecule has 1 N–H and O–H groups in total. The normalized spacial score (nSPS) is 15.2. The van der Waals surface area contributed by atoms with Gasteiger partial charge in [0.25, 0.3) is 0 Å². The van der Waals surface area contributed by atoms with Crippen molar-refractivity contribution in [3.05, 3.63) is 174 Å². The molecular formula is C45H32N4. The first-order valence-corrected chi connectivity index (χ1v) is 16.5. The van der Waals surface area contributed by atoms with Crippen molar-refractivity contribution in [2.24, 2.45) is 5.92 Å². The maximum Gasteiger partial charge on any atom is 0.101 e. The summed E-state index contributed by atoms with van der Waals surface area (Å²) in [5.74, 6) is 0.646. The quantitative estimate of drug-likeness (QED) is 0.199. The number of rotatable bonds is 6. The van der Waals surface area contributed by atoms with Crippen molar-refractivity contribution >= 4 is 33.2 Å². The summed E-state index contributed by atoms with van der Waals surface area (Å²) < 4.78 is 2.26. The Morgan fingerprint density at radius 2 is 1.31 bits per heavy atom. The van der Waals surface area contributed by atoms with Crippen LogP contribution in [0.5, 0.6) is 0 Å². The molecule has 0 spiro atoms. The number of hydrogen-bond acceptors (Lipinski definition) is 3. The Balaban J connectivity index is 1.18. The molecule has 1 aliphatic carbocycles. The number of nitrogens with zero attached hydrogens (tertiary/aromatic N) is 3. The van der Waals surface area contributed by atoms with Gasteiger partial charge >= 0.3 is 0 Å². The van der Waals surface area contributed by atoms with Crippen LogP contribution in [0.15, 0.2) is 158 Å². The second-order valence-corrected chi connectivity index (χ2v) is 12.5. The summed E-state index contributed by atoms with van der Waals surface area (Å²) in [6.07, 6.45) is 8.69. The standard InChI is InChI=1S/C45H32N4/c1-30-12-2-3-16-36(30)38-18-4-7-20-41(38)48-40-25-24-32(27-35(40)29-47)31-13-10-14-33(26-31)37-17-5-8-21-42(37)49-43-22-9-6-19-39(43)45-34(28-46)15-11-23-44(45)49/h2-27,30,36,48H,1H3. The van der Waals surface area contributed by atoms with Crippen molar-refractivity contribution in [2.45, 2.75) is 12.8 Å². The van der Waals surface area contributed by atoms with E-state index >= 15 is 0 Å². The van der Waals surface area contributed by atoms with E-state index in [0.29, 0.717) is 17.0 Å². The Morgan fingerprint density at radius 3 is 2.18 bits per heavy atom. The second kappa shape index (κ2) is 12.5. The highest BCUT2D eigenvalue weighted by Crippen LogP contribution is 2.39. The molecular weight excluding hydrogens is 597 g/mol. The monoisotopic (exact) mass is 628 g/mol. The molecule has 0 amide bonds. The first-order valence-electron chi connectivity index (χ1n) is 16.5. The van der Waals surface area contributed by atoms with Gasteiger partial charge in [-0.3, -0.25) is 0 Å². The third kappa shape index (κ3) is 5.27. The molecule has 4 nitrogen and oxygen atoms in total. The number of para-hydroxylation sites is 3. The Morgan fingerprint density at radius 1 is 0.592 bits per heavy atom. The number of hydrogen-bond donors (Lipinski definition) is 1. The van der Waals surface area contributed by atoms with Crippen molar-refractivity contribution in [2.75, 3.05) is 5.32 Å². The molecule has 0 fully saturated rings. The van der Waals surface area contributed by atoms with Gasteiger partial charge in [-0.2, -0.15) is 10.5 Å². The zero-order chi connectivity index (χ0) is 33.3. The van der Waals surface area contributed by atoms with Crippen molar-refractivity contribution in [1.29, 1.82) is 10.5 Å². The van der Waals surface area contributed by atoms with Gasteiger partial charge in [-0.15, -0.1) is 0 Å². The topological polar surface area (TPSA) is 64.5 Å². The van der Waals surface area contributed by atoms with Crippen LogP contribution >= 0.6 is 0 Å². The smallest absolute Gasteiger partial charge is 0.101 e. The lowest BCUT2D eigenvalue weighted by Crippen LogP contribution is -2.10. The van der Waals surface area contributed by atoms with Gasteiger partial charge in [0.1, 0.15) is 6.07 Å². The number of fused-ring (bicyclic) bond motifs is 3. The Bertz CT molecular complexity index is 2540. The maximum absolute atomic E-state index is 10.3. The molecule has 4 heteroatoms. The van der Waals surface area contributed by atoms with Crippen LogP contribution in [0.2, 0.25) is 0 Å². The minimum Gasteiger partial charge on any atom is -0.354 e. The first kappa shape index (κ1) is 29.8. The summed E-state index contributed by atoms with van der Waals surface area (Å²) in [4.78, 5) is 0. The third-order valence-electron chi connectivity index (χ3n) is 9.61. The van der Waals surface area contributed by atoms with E-state index in [2.05, 4.69) is 144 Å². The van der Waals surface area contributed by atoms with E-state index in [1.807, 2.05) is 42.5 Å². The van der Waals surface area contributed by atoms with E-state index in [1.54, 1.807) is 0 Å². The van der Waals surface area contributed by atoms with Crippen LogP contribution in [0.25, 0.3) is 49.7 Å². The van der Waals surface area contributed by atoms with Crippen molar-refractivity contribution in [3.63, 3.8) is 0 Å². The molecule has 2 atom stereocenters. The number of anilines is 2. The highest BCUT2D eigenvalue weighted by Gasteiger charge is 2.20. The molecule has 0 radical (unpaired) electrons. The molecule has 2 unspecified atom stereocenters. The van der Waals surface area contributed by atoms with E-state index in [0.717, 1.165) is 61.1 Å². The van der Waals surface area contributed by atoms with Crippen molar-refractivity contribution in [1.82, 2.24) is 4.57 Å². The molecule has 1 aromatic heterocycles. The summed E-state index contributed by atoms with van der Waals surface area (Å²) in [6, 6.07) is 50.3. The molecule has 1 aliphatic rings. The number of allylic oxidation sites excluding steroid dienone is 4. The summed E-state index contributed by atoms with van der Waals surface area (Å²) in [6.45, 7) is 2.23. The van der Waals surface area contributed by atoms with Crippen molar-refractivity contribution < 1.29 is 0 Å². The molecule has 8 rings (SSSR count). The van der Waals surface area contributed by atoms with Crippen LogP contribution in [-0.2, 0) is 0 Å². The minimum atomic E-state index is 0.264. The molecule has 49 heavy (non-hydrogen) atoms. The van der Waals surface area contributed by atoms with E-state index < -0.39 is 0 Å². The Labute approximate surface area is 286 Å². The van der Waals surface area contributed by atoms with Crippen LogP contribution in [0.1, 0.15) is 29.5 Å². The predicted molar refractivity (Wildman–Crippen MR) is 201 cm³/mol. The Hall–Kier alpha value is -6.62. The van der Waals surface area contributed by atoms with Gasteiger partial charge in [-0.25, -0.2) is 0 Å². The van der Waals surface area contributed by atoms with Gasteiger partial charge in [0.2, 0.25) is 0 Å². The zero-order valence-electron chi connectivity index (χ0n) is 27.0. The van der Waals surface area contributed by atoms with Crippen molar-refractivity contribution in [3.8, 4) is 40.1 Å². The van der Waals surface area contributed by atoms with Gasteiger partial charge in [-0.1, -0.05) is 116 Å². The van der Waals surface area contributed by atoms with E-state index in [1.165, 1.54) is 5.56 Å². The molecule has 232 valence electrons. The van der Waals surface area contributed by atoms with Crippen LogP contribution in [0.3, 0.4) is 0 Å². The average molecular weight is 629 g/mol. The number of nitrogens with one attached hydrogen (secondary N) is 1. The molecule has 7 aromatic rings. The lowest BCUT2D eigenvalue weighted by atomic mass is 9.83. The molecule has 1 heterocycles. The van der Waals surface area contributed by atoms with Crippen LogP contribution in [0.4, 0.5) is 11.4 Å². The highest BCUT2D eigenvalue weighted by atomic mass is 15.0. The maximum atomic E-state index is 10.3. The number of benzene rings is 6.